The average molecular weight is 305 g/mol. The van der Waals surface area contributed by atoms with Gasteiger partial charge in [0.25, 0.3) is 0 Å². The van der Waals surface area contributed by atoms with Gasteiger partial charge in [-0.2, -0.15) is 10.2 Å². The van der Waals surface area contributed by atoms with Crippen LogP contribution in [0.3, 0.4) is 0 Å². The smallest absolute Gasteiger partial charge is 0.0672 e. The van der Waals surface area contributed by atoms with Crippen LogP contribution in [0.2, 0.25) is 10.0 Å². The Morgan fingerprint density at radius 1 is 0.750 bits per heavy atom. The average Bonchev–Trinajstić information content (AvgIpc) is 2.44. The summed E-state index contributed by atoms with van der Waals surface area (Å²) in [6.45, 7) is 3.81. The molecule has 0 spiro atoms. The summed E-state index contributed by atoms with van der Waals surface area (Å²) in [6, 6.07) is 15.1. The molecule has 20 heavy (non-hydrogen) atoms. The molecule has 0 heterocycles. The Morgan fingerprint density at radius 2 is 1.15 bits per heavy atom. The van der Waals surface area contributed by atoms with Crippen molar-refractivity contribution in [1.29, 1.82) is 0 Å². The van der Waals surface area contributed by atoms with Crippen LogP contribution in [0.25, 0.3) is 0 Å². The first-order valence-corrected chi connectivity index (χ1v) is 6.92. The zero-order valence-electron chi connectivity index (χ0n) is 11.3. The van der Waals surface area contributed by atoms with E-state index in [-0.39, 0.29) is 0 Å². The lowest BCUT2D eigenvalue weighted by Gasteiger charge is -2.01. The van der Waals surface area contributed by atoms with Gasteiger partial charge in [-0.05, 0) is 49.2 Å². The van der Waals surface area contributed by atoms with Crippen LogP contribution in [0.15, 0.2) is 58.7 Å². The van der Waals surface area contributed by atoms with Gasteiger partial charge < -0.3 is 0 Å². The number of rotatable bonds is 3. The molecule has 0 saturated carbocycles. The minimum Gasteiger partial charge on any atom is -0.155 e. The van der Waals surface area contributed by atoms with Crippen LogP contribution >= 0.6 is 23.2 Å². The van der Waals surface area contributed by atoms with E-state index in [2.05, 4.69) is 10.2 Å². The molecule has 0 saturated heterocycles. The fourth-order valence-corrected chi connectivity index (χ4v) is 2.07. The Labute approximate surface area is 128 Å². The van der Waals surface area contributed by atoms with Crippen molar-refractivity contribution < 1.29 is 0 Å². The maximum atomic E-state index is 5.96. The summed E-state index contributed by atoms with van der Waals surface area (Å²) < 4.78 is 0. The highest BCUT2D eigenvalue weighted by molar-refractivity contribution is 6.31. The quantitative estimate of drug-likeness (QED) is 0.548. The number of benzene rings is 2. The fraction of sp³-hybridized carbons (Fsp3) is 0.125. The second-order valence-electron chi connectivity index (χ2n) is 4.39. The topological polar surface area (TPSA) is 24.7 Å². The molecular weight excluding hydrogens is 291 g/mol. The van der Waals surface area contributed by atoms with Gasteiger partial charge in [0.2, 0.25) is 0 Å². The van der Waals surface area contributed by atoms with Crippen LogP contribution < -0.4 is 0 Å². The molecule has 0 radical (unpaired) electrons. The molecule has 0 aliphatic heterocycles. The Hall–Kier alpha value is -1.64. The van der Waals surface area contributed by atoms with E-state index >= 15 is 0 Å². The van der Waals surface area contributed by atoms with Crippen LogP contribution in [0.5, 0.6) is 0 Å². The third kappa shape index (κ3) is 3.92. The number of hydrogen-bond donors (Lipinski definition) is 0. The lowest BCUT2D eigenvalue weighted by atomic mass is 10.1. The predicted molar refractivity (Wildman–Crippen MR) is 87.3 cm³/mol. The second-order valence-corrected chi connectivity index (χ2v) is 5.26. The lowest BCUT2D eigenvalue weighted by molar-refractivity contribution is 1.22. The minimum absolute atomic E-state index is 0.688. The molecule has 2 aromatic rings. The molecule has 0 N–H and O–H groups in total. The van der Waals surface area contributed by atoms with Crippen LogP contribution in [0.1, 0.15) is 25.0 Å². The third-order valence-corrected chi connectivity index (χ3v) is 3.30. The van der Waals surface area contributed by atoms with Gasteiger partial charge in [0.05, 0.1) is 11.4 Å². The summed E-state index contributed by atoms with van der Waals surface area (Å²) in [5, 5.41) is 9.86. The lowest BCUT2D eigenvalue weighted by Crippen LogP contribution is -1.97. The molecule has 0 amide bonds. The maximum Gasteiger partial charge on any atom is 0.0672 e. The molecule has 0 atom stereocenters. The Bertz CT molecular complexity index is 616. The highest BCUT2D eigenvalue weighted by Crippen LogP contribution is 2.13. The molecule has 102 valence electrons. The summed E-state index contributed by atoms with van der Waals surface area (Å²) in [4.78, 5) is 0. The van der Waals surface area contributed by atoms with E-state index in [0.29, 0.717) is 10.0 Å². The van der Waals surface area contributed by atoms with Gasteiger partial charge in [-0.1, -0.05) is 47.5 Å². The first-order valence-electron chi connectivity index (χ1n) is 6.17. The van der Waals surface area contributed by atoms with Crippen molar-refractivity contribution in [2.45, 2.75) is 13.8 Å². The zero-order chi connectivity index (χ0) is 14.5. The van der Waals surface area contributed by atoms with Crippen LogP contribution in [-0.4, -0.2) is 11.4 Å². The monoisotopic (exact) mass is 304 g/mol. The number of nitrogens with zero attached hydrogens (tertiary/aromatic N) is 2. The minimum atomic E-state index is 0.688. The van der Waals surface area contributed by atoms with E-state index < -0.39 is 0 Å². The Balaban J connectivity index is 2.24. The number of hydrogen-bond acceptors (Lipinski definition) is 2. The van der Waals surface area contributed by atoms with Gasteiger partial charge in [0.15, 0.2) is 0 Å². The van der Waals surface area contributed by atoms with E-state index in [1.807, 2.05) is 62.4 Å². The van der Waals surface area contributed by atoms with Gasteiger partial charge in [-0.3, -0.25) is 0 Å². The van der Waals surface area contributed by atoms with Crippen molar-refractivity contribution in [1.82, 2.24) is 0 Å². The molecule has 0 aliphatic rings. The molecule has 0 bridgehead atoms. The van der Waals surface area contributed by atoms with Gasteiger partial charge in [-0.15, -0.1) is 0 Å². The van der Waals surface area contributed by atoms with Crippen LogP contribution in [-0.2, 0) is 0 Å². The standard InChI is InChI=1S/C16H14Cl2N2/c1-11(13-5-3-7-15(17)9-13)19-20-12(2)14-6-4-8-16(18)10-14/h3-10H,1-2H3/b19-11+,20-12+. The summed E-state index contributed by atoms with van der Waals surface area (Å²) in [6.07, 6.45) is 0. The summed E-state index contributed by atoms with van der Waals surface area (Å²) in [7, 11) is 0. The Morgan fingerprint density at radius 3 is 1.50 bits per heavy atom. The van der Waals surface area contributed by atoms with Crippen molar-refractivity contribution in [3.63, 3.8) is 0 Å². The van der Waals surface area contributed by atoms with Crippen molar-refractivity contribution in [3.05, 3.63) is 69.7 Å². The second kappa shape index (κ2) is 6.69. The van der Waals surface area contributed by atoms with E-state index in [9.17, 15) is 0 Å². The molecule has 0 aromatic heterocycles. The molecule has 0 fully saturated rings. The molecule has 0 aliphatic carbocycles. The van der Waals surface area contributed by atoms with Gasteiger partial charge in [0.1, 0.15) is 0 Å². The highest BCUT2D eigenvalue weighted by Gasteiger charge is 2.00. The Kier molecular flexibility index (Phi) is 4.94. The van der Waals surface area contributed by atoms with Gasteiger partial charge in [-0.25, -0.2) is 0 Å². The van der Waals surface area contributed by atoms with Crippen molar-refractivity contribution in [3.8, 4) is 0 Å². The summed E-state index contributed by atoms with van der Waals surface area (Å²) >= 11 is 11.9. The van der Waals surface area contributed by atoms with Gasteiger partial charge in [0, 0.05) is 10.0 Å². The highest BCUT2D eigenvalue weighted by atomic mass is 35.5. The van der Waals surface area contributed by atoms with Crippen molar-refractivity contribution >= 4 is 34.6 Å². The SMILES string of the molecule is C/C(=N\N=C(/C)c1cccc(Cl)c1)c1cccc(Cl)c1. The van der Waals surface area contributed by atoms with E-state index in [1.54, 1.807) is 0 Å². The third-order valence-electron chi connectivity index (χ3n) is 2.83. The molecule has 0 unspecified atom stereocenters. The van der Waals surface area contributed by atoms with Gasteiger partial charge >= 0.3 is 0 Å². The van der Waals surface area contributed by atoms with E-state index in [0.717, 1.165) is 22.6 Å². The van der Waals surface area contributed by atoms with Crippen LogP contribution in [0, 0.1) is 0 Å². The summed E-state index contributed by atoms with van der Waals surface area (Å²) in [5.41, 5.74) is 3.54. The molecule has 2 rings (SSSR count). The van der Waals surface area contributed by atoms with E-state index in [4.69, 9.17) is 23.2 Å². The largest absolute Gasteiger partial charge is 0.155 e. The molecule has 2 nitrogen and oxygen atoms in total. The molecular formula is C16H14Cl2N2. The van der Waals surface area contributed by atoms with Crippen LogP contribution in [0.4, 0.5) is 0 Å². The normalized spacial score (nSPS) is 12.6. The molecule has 4 heteroatoms. The summed E-state index contributed by atoms with van der Waals surface area (Å²) in [5.74, 6) is 0. The zero-order valence-corrected chi connectivity index (χ0v) is 12.8. The maximum absolute atomic E-state index is 5.96. The first kappa shape index (κ1) is 14.8. The first-order chi connectivity index (χ1) is 9.56. The predicted octanol–water partition coefficient (Wildman–Crippen LogP) is 5.23. The van der Waals surface area contributed by atoms with Crippen molar-refractivity contribution in [2.75, 3.05) is 0 Å². The number of halogens is 2. The molecule has 2 aromatic carbocycles. The van der Waals surface area contributed by atoms with E-state index in [1.165, 1.54) is 0 Å². The fourth-order valence-electron chi connectivity index (χ4n) is 1.69. The van der Waals surface area contributed by atoms with Crippen molar-refractivity contribution in [2.24, 2.45) is 10.2 Å².